The molecule has 1 aromatic heterocycles. The Morgan fingerprint density at radius 3 is 2.28 bits per heavy atom. The van der Waals surface area contributed by atoms with Gasteiger partial charge in [0.05, 0.1) is 5.56 Å². The molecule has 1 N–H and O–H groups in total. The van der Waals surface area contributed by atoms with E-state index in [1.54, 1.807) is 12.1 Å². The van der Waals surface area contributed by atoms with E-state index in [0.29, 0.717) is 0 Å². The Morgan fingerprint density at radius 1 is 1.00 bits per heavy atom. The van der Waals surface area contributed by atoms with Crippen molar-refractivity contribution in [1.82, 2.24) is 0 Å². The number of fused-ring (bicyclic) bond motifs is 2. The van der Waals surface area contributed by atoms with E-state index >= 15 is 0 Å². The molecule has 0 saturated carbocycles. The lowest BCUT2D eigenvalue weighted by Crippen LogP contribution is -2.18. The number of ketones is 3. The van der Waals surface area contributed by atoms with E-state index < -0.39 is 42.3 Å². The van der Waals surface area contributed by atoms with E-state index in [0.717, 1.165) is 6.07 Å². The first-order chi connectivity index (χ1) is 11.9. The van der Waals surface area contributed by atoms with Crippen LogP contribution in [-0.2, 0) is 14.3 Å². The van der Waals surface area contributed by atoms with E-state index in [1.165, 1.54) is 12.1 Å². The van der Waals surface area contributed by atoms with Crippen molar-refractivity contribution in [3.05, 3.63) is 58.5 Å². The fourth-order valence-corrected chi connectivity index (χ4v) is 2.42. The van der Waals surface area contributed by atoms with Crippen molar-refractivity contribution < 1.29 is 38.2 Å². The lowest BCUT2D eigenvalue weighted by molar-refractivity contribution is -0.154. The molecule has 0 spiro atoms. The molecule has 0 fully saturated rings. The highest BCUT2D eigenvalue weighted by molar-refractivity contribution is 6.28. The molecule has 1 aliphatic carbocycles. The van der Waals surface area contributed by atoms with Crippen LogP contribution >= 0.6 is 0 Å². The maximum absolute atomic E-state index is 12.4. The summed E-state index contributed by atoms with van der Waals surface area (Å²) in [5, 5.41) is 8.41. The lowest BCUT2D eigenvalue weighted by atomic mass is 9.88. The number of aliphatic carboxylic acids is 1. The topological polar surface area (TPSA) is 128 Å². The minimum atomic E-state index is -1.36. The minimum Gasteiger partial charge on any atom is -0.479 e. The molecule has 0 amide bonds. The second-order valence-electron chi connectivity index (χ2n) is 5.21. The highest BCUT2D eigenvalue weighted by Crippen LogP contribution is 2.29. The Labute approximate surface area is 140 Å². The van der Waals surface area contributed by atoms with Crippen LogP contribution in [0.3, 0.4) is 0 Å². The molecule has 0 saturated heterocycles. The zero-order chi connectivity index (χ0) is 18.1. The summed E-state index contributed by atoms with van der Waals surface area (Å²) in [4.78, 5) is 58.5. The number of esters is 1. The smallest absolute Gasteiger partial charge is 0.341 e. The first kappa shape index (κ1) is 16.3. The maximum Gasteiger partial charge on any atom is 0.341 e. The molecule has 0 bridgehead atoms. The largest absolute Gasteiger partial charge is 0.479 e. The third-order valence-corrected chi connectivity index (χ3v) is 3.54. The molecule has 1 aromatic carbocycles. The molecule has 1 aliphatic rings. The number of Topliss-reactive ketones (excluding diaryl/α,β-unsaturated/α-hetero) is 1. The fraction of sp³-hybridized carbons (Fsp3) is 0.118. The molecule has 8 heteroatoms. The Kier molecular flexibility index (Phi) is 4.02. The first-order valence-corrected chi connectivity index (χ1v) is 7.11. The normalized spacial score (nSPS) is 12.3. The summed E-state index contributed by atoms with van der Waals surface area (Å²) < 4.78 is 9.55. The summed E-state index contributed by atoms with van der Waals surface area (Å²) >= 11 is 0. The van der Waals surface area contributed by atoms with Crippen LogP contribution in [0.5, 0.6) is 0 Å². The molecule has 0 unspecified atom stereocenters. The summed E-state index contributed by atoms with van der Waals surface area (Å²) in [5.41, 5.74) is 0.334. The number of furan rings is 1. The van der Waals surface area contributed by atoms with Crippen molar-refractivity contribution >= 4 is 29.3 Å². The molecule has 25 heavy (non-hydrogen) atoms. The average molecular weight is 342 g/mol. The van der Waals surface area contributed by atoms with Gasteiger partial charge < -0.3 is 14.3 Å². The quantitative estimate of drug-likeness (QED) is 0.417. The SMILES string of the molecule is O=C(O)COC(=O)CC(=O)c1cc2c(o1)C(=O)c1ccccc1C2=O. The molecule has 1 heterocycles. The molecule has 0 aliphatic heterocycles. The average Bonchev–Trinajstić information content (AvgIpc) is 3.04. The number of hydrogen-bond donors (Lipinski definition) is 1. The van der Waals surface area contributed by atoms with Crippen LogP contribution in [0.1, 0.15) is 49.0 Å². The Hall–Kier alpha value is -3.55. The lowest BCUT2D eigenvalue weighted by Gasteiger charge is -2.11. The second kappa shape index (κ2) is 6.16. The molecular formula is C17H10O8. The summed E-state index contributed by atoms with van der Waals surface area (Å²) in [6.45, 7) is -0.868. The molecule has 3 rings (SSSR count). The summed E-state index contributed by atoms with van der Waals surface area (Å²) in [6.07, 6.45) is -0.769. The number of carbonyl (C=O) groups excluding carboxylic acids is 4. The summed E-state index contributed by atoms with van der Waals surface area (Å²) in [5.74, 6) is -4.82. The van der Waals surface area contributed by atoms with E-state index in [2.05, 4.69) is 4.74 Å². The molecule has 0 radical (unpaired) electrons. The van der Waals surface area contributed by atoms with Crippen molar-refractivity contribution in [2.24, 2.45) is 0 Å². The van der Waals surface area contributed by atoms with Crippen LogP contribution in [0.4, 0.5) is 0 Å². The summed E-state index contributed by atoms with van der Waals surface area (Å²) in [6, 6.07) is 7.29. The van der Waals surface area contributed by atoms with E-state index in [-0.39, 0.29) is 28.2 Å². The molecule has 126 valence electrons. The van der Waals surface area contributed by atoms with Crippen LogP contribution in [0.2, 0.25) is 0 Å². The van der Waals surface area contributed by atoms with Gasteiger partial charge in [0.1, 0.15) is 6.42 Å². The van der Waals surface area contributed by atoms with Gasteiger partial charge in [-0.15, -0.1) is 0 Å². The van der Waals surface area contributed by atoms with Crippen molar-refractivity contribution in [1.29, 1.82) is 0 Å². The zero-order valence-electron chi connectivity index (χ0n) is 12.6. The second-order valence-corrected chi connectivity index (χ2v) is 5.21. The predicted molar refractivity (Wildman–Crippen MR) is 79.6 cm³/mol. The summed E-state index contributed by atoms with van der Waals surface area (Å²) in [7, 11) is 0. The van der Waals surface area contributed by atoms with Gasteiger partial charge >= 0.3 is 11.9 Å². The van der Waals surface area contributed by atoms with Gasteiger partial charge in [0.25, 0.3) is 0 Å². The monoisotopic (exact) mass is 342 g/mol. The Bertz CT molecular complexity index is 881. The van der Waals surface area contributed by atoms with Crippen LogP contribution < -0.4 is 0 Å². The number of carbonyl (C=O) groups is 5. The zero-order valence-corrected chi connectivity index (χ0v) is 12.6. The molecule has 0 atom stereocenters. The molecule has 2 aromatic rings. The molecular weight excluding hydrogens is 332 g/mol. The third-order valence-electron chi connectivity index (χ3n) is 3.54. The third kappa shape index (κ3) is 2.97. The van der Waals surface area contributed by atoms with Crippen molar-refractivity contribution in [2.75, 3.05) is 6.61 Å². The van der Waals surface area contributed by atoms with E-state index in [9.17, 15) is 24.0 Å². The van der Waals surface area contributed by atoms with Gasteiger partial charge in [-0.3, -0.25) is 19.2 Å². The number of carboxylic acids is 1. The number of ether oxygens (including phenoxy) is 1. The van der Waals surface area contributed by atoms with Gasteiger partial charge in [0.2, 0.25) is 11.6 Å². The van der Waals surface area contributed by atoms with Gasteiger partial charge in [-0.05, 0) is 6.07 Å². The van der Waals surface area contributed by atoms with Gasteiger partial charge in [-0.25, -0.2) is 4.79 Å². The fourth-order valence-electron chi connectivity index (χ4n) is 2.42. The van der Waals surface area contributed by atoms with Crippen LogP contribution in [0.25, 0.3) is 0 Å². The van der Waals surface area contributed by atoms with Gasteiger partial charge in [0, 0.05) is 11.1 Å². The first-order valence-electron chi connectivity index (χ1n) is 7.11. The van der Waals surface area contributed by atoms with Crippen LogP contribution in [0.15, 0.2) is 34.7 Å². The van der Waals surface area contributed by atoms with Gasteiger partial charge in [-0.2, -0.15) is 0 Å². The highest BCUT2D eigenvalue weighted by Gasteiger charge is 2.34. The van der Waals surface area contributed by atoms with Crippen molar-refractivity contribution in [3.8, 4) is 0 Å². The maximum atomic E-state index is 12.4. The van der Waals surface area contributed by atoms with E-state index in [1.807, 2.05) is 0 Å². The Balaban J connectivity index is 1.84. The van der Waals surface area contributed by atoms with Gasteiger partial charge in [0.15, 0.2) is 23.9 Å². The van der Waals surface area contributed by atoms with Crippen LogP contribution in [0, 0.1) is 0 Å². The predicted octanol–water partition coefficient (Wildman–Crippen LogP) is 1.26. The minimum absolute atomic E-state index is 0.0500. The molecule has 8 nitrogen and oxygen atoms in total. The highest BCUT2D eigenvalue weighted by atomic mass is 16.5. The van der Waals surface area contributed by atoms with Crippen LogP contribution in [-0.4, -0.2) is 41.0 Å². The number of benzene rings is 1. The van der Waals surface area contributed by atoms with Gasteiger partial charge in [-0.1, -0.05) is 24.3 Å². The number of carboxylic acid groups (broad SMARTS) is 1. The van der Waals surface area contributed by atoms with Crippen molar-refractivity contribution in [2.45, 2.75) is 6.42 Å². The Morgan fingerprint density at radius 2 is 1.64 bits per heavy atom. The van der Waals surface area contributed by atoms with E-state index in [4.69, 9.17) is 9.52 Å². The standard InChI is InChI=1S/C17H10O8/c18-11(6-14(21)24-7-13(19)20)12-5-10-15(22)8-3-1-2-4-9(8)16(23)17(10)25-12/h1-5H,6-7H2,(H,19,20). The number of rotatable bonds is 5. The number of hydrogen-bond acceptors (Lipinski definition) is 7. The van der Waals surface area contributed by atoms with Crippen molar-refractivity contribution in [3.63, 3.8) is 0 Å².